The number of amides is 2. The van der Waals surface area contributed by atoms with E-state index in [0.29, 0.717) is 5.92 Å². The summed E-state index contributed by atoms with van der Waals surface area (Å²) in [6.07, 6.45) is 3.55. The number of nitrogens with one attached hydrogen (secondary N) is 2. The molecule has 0 radical (unpaired) electrons. The molecule has 2 aliphatic rings. The maximum atomic E-state index is 11.8. The first-order chi connectivity index (χ1) is 8.58. The Hall–Kier alpha value is -1.30. The number of carbonyl (C=O) groups is 2. The number of ether oxygens (including phenoxy) is 1. The fourth-order valence-electron chi connectivity index (χ4n) is 2.41. The quantitative estimate of drug-likeness (QED) is 0.686. The minimum Gasteiger partial charge on any atom is -0.481 e. The summed E-state index contributed by atoms with van der Waals surface area (Å²) in [6, 6.07) is -0.586. The Morgan fingerprint density at radius 2 is 2.06 bits per heavy atom. The van der Waals surface area contributed by atoms with Crippen LogP contribution in [0.4, 0.5) is 4.79 Å². The van der Waals surface area contributed by atoms with Gasteiger partial charge in [-0.3, -0.25) is 4.79 Å². The van der Waals surface area contributed by atoms with E-state index in [1.807, 2.05) is 6.92 Å². The number of hydrogen-bond acceptors (Lipinski definition) is 3. The van der Waals surface area contributed by atoms with Crippen molar-refractivity contribution in [2.75, 3.05) is 13.2 Å². The molecule has 2 amide bonds. The number of aliphatic carboxylic acids is 1. The van der Waals surface area contributed by atoms with Gasteiger partial charge < -0.3 is 20.5 Å². The van der Waals surface area contributed by atoms with Gasteiger partial charge in [-0.05, 0) is 25.7 Å². The molecule has 1 saturated heterocycles. The van der Waals surface area contributed by atoms with Crippen molar-refractivity contribution >= 4 is 12.0 Å². The molecular formula is C12H20N2O4. The zero-order valence-electron chi connectivity index (χ0n) is 10.5. The Bertz CT molecular complexity index is 330. The Morgan fingerprint density at radius 1 is 1.33 bits per heavy atom. The van der Waals surface area contributed by atoms with Crippen LogP contribution in [0.15, 0.2) is 0 Å². The first-order valence-electron chi connectivity index (χ1n) is 6.45. The van der Waals surface area contributed by atoms with E-state index in [9.17, 15) is 9.59 Å². The van der Waals surface area contributed by atoms with Gasteiger partial charge in [-0.1, -0.05) is 6.42 Å². The maximum Gasteiger partial charge on any atom is 0.315 e. The molecule has 2 fully saturated rings. The van der Waals surface area contributed by atoms with Crippen molar-refractivity contribution in [3.8, 4) is 0 Å². The van der Waals surface area contributed by atoms with Crippen LogP contribution >= 0.6 is 0 Å². The van der Waals surface area contributed by atoms with Gasteiger partial charge in [0.05, 0.1) is 19.3 Å². The average molecular weight is 256 g/mol. The fraction of sp³-hybridized carbons (Fsp3) is 0.833. The summed E-state index contributed by atoms with van der Waals surface area (Å²) in [4.78, 5) is 22.7. The van der Waals surface area contributed by atoms with E-state index in [-0.39, 0.29) is 25.3 Å². The number of carboxylic acid groups (broad SMARTS) is 1. The molecule has 0 aromatic rings. The highest BCUT2D eigenvalue weighted by Gasteiger charge is 2.35. The van der Waals surface area contributed by atoms with Crippen LogP contribution in [0.25, 0.3) is 0 Å². The number of carboxylic acids is 1. The standard InChI is InChI=1S/C12H20N2O4/c1-7(8-3-2-4-8)13-12(17)14-10-6-18-5-9(10)11(15)16/h7-10H,2-6H2,1H3,(H,15,16)(H2,13,14,17). The van der Waals surface area contributed by atoms with E-state index < -0.39 is 17.9 Å². The van der Waals surface area contributed by atoms with Crippen LogP contribution in [0, 0.1) is 11.8 Å². The second-order valence-electron chi connectivity index (χ2n) is 5.19. The summed E-state index contributed by atoms with van der Waals surface area (Å²) >= 11 is 0. The van der Waals surface area contributed by atoms with Gasteiger partial charge in [-0.15, -0.1) is 0 Å². The van der Waals surface area contributed by atoms with E-state index >= 15 is 0 Å². The maximum absolute atomic E-state index is 11.8. The zero-order chi connectivity index (χ0) is 13.1. The lowest BCUT2D eigenvalue weighted by Gasteiger charge is -2.32. The Balaban J connectivity index is 1.77. The third-order valence-corrected chi connectivity index (χ3v) is 3.93. The minimum atomic E-state index is -0.926. The second kappa shape index (κ2) is 5.56. The van der Waals surface area contributed by atoms with E-state index in [4.69, 9.17) is 9.84 Å². The van der Waals surface area contributed by atoms with Crippen molar-refractivity contribution in [1.29, 1.82) is 0 Å². The summed E-state index contributed by atoms with van der Waals surface area (Å²) in [5.74, 6) is -1.01. The number of carbonyl (C=O) groups excluding carboxylic acids is 1. The molecule has 0 bridgehead atoms. The molecule has 6 nitrogen and oxygen atoms in total. The highest BCUT2D eigenvalue weighted by atomic mass is 16.5. The largest absolute Gasteiger partial charge is 0.481 e. The van der Waals surface area contributed by atoms with Crippen LogP contribution in [-0.4, -0.2) is 42.4 Å². The highest BCUT2D eigenvalue weighted by Crippen LogP contribution is 2.29. The summed E-state index contributed by atoms with van der Waals surface area (Å²) in [7, 11) is 0. The molecule has 3 N–H and O–H groups in total. The molecule has 0 aromatic carbocycles. The topological polar surface area (TPSA) is 87.7 Å². The normalized spacial score (nSPS) is 29.4. The van der Waals surface area contributed by atoms with Crippen LogP contribution in [0.2, 0.25) is 0 Å². The lowest BCUT2D eigenvalue weighted by molar-refractivity contribution is -0.142. The monoisotopic (exact) mass is 256 g/mol. The molecule has 0 aromatic heterocycles. The van der Waals surface area contributed by atoms with E-state index in [2.05, 4.69) is 10.6 Å². The molecule has 1 saturated carbocycles. The van der Waals surface area contributed by atoms with Crippen molar-refractivity contribution in [2.45, 2.75) is 38.3 Å². The molecule has 3 atom stereocenters. The molecule has 1 aliphatic heterocycles. The van der Waals surface area contributed by atoms with Gasteiger partial charge in [-0.25, -0.2) is 4.79 Å². The van der Waals surface area contributed by atoms with Crippen molar-refractivity contribution in [3.63, 3.8) is 0 Å². The summed E-state index contributed by atoms with van der Waals surface area (Å²) in [6.45, 7) is 2.42. The average Bonchev–Trinajstić information content (AvgIpc) is 2.62. The molecule has 2 rings (SSSR count). The first kappa shape index (κ1) is 13.1. The number of hydrogen-bond donors (Lipinski definition) is 3. The van der Waals surface area contributed by atoms with Gasteiger partial charge >= 0.3 is 12.0 Å². The van der Waals surface area contributed by atoms with Crippen molar-refractivity contribution in [3.05, 3.63) is 0 Å². The van der Waals surface area contributed by atoms with Crippen molar-refractivity contribution in [1.82, 2.24) is 10.6 Å². The predicted octanol–water partition coefficient (Wildman–Crippen LogP) is 0.574. The van der Waals surface area contributed by atoms with Gasteiger partial charge in [0.1, 0.15) is 5.92 Å². The van der Waals surface area contributed by atoms with Crippen LogP contribution in [0.1, 0.15) is 26.2 Å². The van der Waals surface area contributed by atoms with E-state index in [1.54, 1.807) is 0 Å². The van der Waals surface area contributed by atoms with Gasteiger partial charge in [0.2, 0.25) is 0 Å². The van der Waals surface area contributed by atoms with E-state index in [0.717, 1.165) is 12.8 Å². The summed E-state index contributed by atoms with van der Waals surface area (Å²) < 4.78 is 5.09. The Labute approximate surface area is 106 Å². The Kier molecular flexibility index (Phi) is 4.06. The van der Waals surface area contributed by atoms with Crippen molar-refractivity contribution in [2.24, 2.45) is 11.8 Å². The van der Waals surface area contributed by atoms with Crippen LogP contribution in [-0.2, 0) is 9.53 Å². The molecule has 0 spiro atoms. The van der Waals surface area contributed by atoms with Crippen molar-refractivity contribution < 1.29 is 19.4 Å². The van der Waals surface area contributed by atoms with Gasteiger partial charge in [0.25, 0.3) is 0 Å². The molecule has 3 unspecified atom stereocenters. The lowest BCUT2D eigenvalue weighted by atomic mass is 9.80. The molecular weight excluding hydrogens is 236 g/mol. The zero-order valence-corrected chi connectivity index (χ0v) is 10.5. The fourth-order valence-corrected chi connectivity index (χ4v) is 2.41. The third-order valence-electron chi connectivity index (χ3n) is 3.93. The summed E-state index contributed by atoms with van der Waals surface area (Å²) in [5, 5.41) is 14.5. The highest BCUT2D eigenvalue weighted by molar-refractivity contribution is 5.77. The molecule has 102 valence electrons. The van der Waals surface area contributed by atoms with Crippen LogP contribution in [0.3, 0.4) is 0 Å². The molecule has 6 heteroatoms. The van der Waals surface area contributed by atoms with Gasteiger partial charge in [-0.2, -0.15) is 0 Å². The number of urea groups is 1. The van der Waals surface area contributed by atoms with Crippen LogP contribution in [0.5, 0.6) is 0 Å². The van der Waals surface area contributed by atoms with Crippen LogP contribution < -0.4 is 10.6 Å². The SMILES string of the molecule is CC(NC(=O)NC1COCC1C(=O)O)C1CCC1. The molecule has 18 heavy (non-hydrogen) atoms. The van der Waals surface area contributed by atoms with Gasteiger partial charge in [0, 0.05) is 6.04 Å². The second-order valence-corrected chi connectivity index (χ2v) is 5.19. The smallest absolute Gasteiger partial charge is 0.315 e. The lowest BCUT2D eigenvalue weighted by Crippen LogP contribution is -2.51. The first-order valence-corrected chi connectivity index (χ1v) is 6.45. The Morgan fingerprint density at radius 3 is 2.61 bits per heavy atom. The molecule has 1 heterocycles. The minimum absolute atomic E-state index is 0.143. The van der Waals surface area contributed by atoms with Gasteiger partial charge in [0.15, 0.2) is 0 Å². The molecule has 1 aliphatic carbocycles. The number of rotatable bonds is 4. The summed E-state index contributed by atoms with van der Waals surface area (Å²) in [5.41, 5.74) is 0. The predicted molar refractivity (Wildman–Crippen MR) is 64.2 cm³/mol. The van der Waals surface area contributed by atoms with E-state index in [1.165, 1.54) is 6.42 Å². The third kappa shape index (κ3) is 2.93.